The van der Waals surface area contributed by atoms with Crippen LogP contribution in [0.5, 0.6) is 0 Å². The van der Waals surface area contributed by atoms with Gasteiger partial charge in [-0.15, -0.1) is 23.1 Å². The molecule has 0 aromatic carbocycles. The zero-order valence-electron chi connectivity index (χ0n) is 17.0. The molecule has 5 nitrogen and oxygen atoms in total. The molecule has 0 bridgehead atoms. The van der Waals surface area contributed by atoms with Gasteiger partial charge in [-0.25, -0.2) is 0 Å². The predicted octanol–water partition coefficient (Wildman–Crippen LogP) is 4.65. The summed E-state index contributed by atoms with van der Waals surface area (Å²) in [4.78, 5) is 19.4. The Morgan fingerprint density at radius 3 is 2.44 bits per heavy atom. The lowest BCUT2D eigenvalue weighted by molar-refractivity contribution is 0.103. The minimum Gasteiger partial charge on any atom is -0.383 e. The number of pyridine rings is 1. The van der Waals surface area contributed by atoms with E-state index in [-0.39, 0.29) is 5.78 Å². The van der Waals surface area contributed by atoms with Crippen LogP contribution in [0.1, 0.15) is 36.0 Å². The summed E-state index contributed by atoms with van der Waals surface area (Å²) in [7, 11) is 5.25. The maximum absolute atomic E-state index is 12.8. The lowest BCUT2D eigenvalue weighted by Gasteiger charge is -2.08. The van der Waals surface area contributed by atoms with E-state index in [9.17, 15) is 10.1 Å². The van der Waals surface area contributed by atoms with Crippen LogP contribution in [0, 0.1) is 11.3 Å². The third kappa shape index (κ3) is 6.51. The van der Waals surface area contributed by atoms with Crippen LogP contribution in [-0.2, 0) is 0 Å². The first kappa shape index (κ1) is 24.9. The minimum atomic E-state index is -0.0562. The van der Waals surface area contributed by atoms with Crippen molar-refractivity contribution in [3.8, 4) is 17.2 Å². The van der Waals surface area contributed by atoms with Gasteiger partial charge in [0.05, 0.1) is 14.6 Å². The molecule has 2 heterocycles. The van der Waals surface area contributed by atoms with Crippen LogP contribution in [0.15, 0.2) is 40.5 Å². The Labute approximate surface area is 170 Å². The molecule has 146 valence electrons. The largest absolute Gasteiger partial charge is 0.383 e. The molecule has 0 atom stereocenters. The van der Waals surface area contributed by atoms with E-state index in [0.717, 1.165) is 9.77 Å². The molecule has 0 aliphatic carbocycles. The van der Waals surface area contributed by atoms with E-state index in [1.807, 2.05) is 51.2 Å². The summed E-state index contributed by atoms with van der Waals surface area (Å²) in [6.07, 6.45) is 7.07. The van der Waals surface area contributed by atoms with Gasteiger partial charge in [0, 0.05) is 49.4 Å². The predicted molar refractivity (Wildman–Crippen MR) is 117 cm³/mol. The van der Waals surface area contributed by atoms with Crippen molar-refractivity contribution in [3.63, 3.8) is 0 Å². The van der Waals surface area contributed by atoms with Gasteiger partial charge < -0.3 is 10.6 Å². The van der Waals surface area contributed by atoms with E-state index in [4.69, 9.17) is 0 Å². The number of aromatic nitrogens is 1. The molecule has 2 aromatic rings. The van der Waals surface area contributed by atoms with Crippen molar-refractivity contribution in [1.82, 2.24) is 9.88 Å². The highest BCUT2D eigenvalue weighted by atomic mass is 32.2. The molecule has 0 radical (unpaired) electrons. The molecule has 0 fully saturated rings. The van der Waals surface area contributed by atoms with Crippen LogP contribution >= 0.6 is 23.1 Å². The number of nitrogens with zero attached hydrogens (tertiary/aromatic N) is 3. The molecule has 0 spiro atoms. The Bertz CT molecular complexity index is 790. The first-order valence-corrected chi connectivity index (χ1v) is 10.5. The van der Waals surface area contributed by atoms with E-state index in [0.29, 0.717) is 21.6 Å². The second-order valence-electron chi connectivity index (χ2n) is 5.13. The number of ketones is 1. The minimum absolute atomic E-state index is 0.0562. The van der Waals surface area contributed by atoms with Crippen LogP contribution in [0.3, 0.4) is 0 Å². The van der Waals surface area contributed by atoms with Crippen molar-refractivity contribution >= 4 is 28.9 Å². The average molecular weight is 405 g/mol. The summed E-state index contributed by atoms with van der Waals surface area (Å²) in [6.45, 7) is 5.79. The van der Waals surface area contributed by atoms with Gasteiger partial charge in [-0.05, 0) is 26.3 Å². The number of hydrogen-bond acceptors (Lipinski definition) is 7. The first-order chi connectivity index (χ1) is 13.0. The van der Waals surface area contributed by atoms with Crippen LogP contribution in [-0.4, -0.2) is 43.1 Å². The van der Waals surface area contributed by atoms with Crippen molar-refractivity contribution < 1.29 is 4.79 Å². The van der Waals surface area contributed by atoms with Crippen molar-refractivity contribution in [2.45, 2.75) is 25.0 Å². The van der Waals surface area contributed by atoms with Gasteiger partial charge in [0.1, 0.15) is 6.07 Å². The summed E-state index contributed by atoms with van der Waals surface area (Å²) in [6, 6.07) is 5.93. The van der Waals surface area contributed by atoms with Crippen LogP contribution < -0.4 is 5.73 Å². The fraction of sp³-hybridized carbons (Fsp3) is 0.350. The quantitative estimate of drug-likeness (QED) is 0.443. The molecule has 0 aliphatic rings. The molecule has 0 unspecified atom stereocenters. The van der Waals surface area contributed by atoms with E-state index < -0.39 is 0 Å². The van der Waals surface area contributed by atoms with Crippen molar-refractivity contribution in [2.24, 2.45) is 5.73 Å². The first-order valence-electron chi connectivity index (χ1n) is 8.48. The lowest BCUT2D eigenvalue weighted by Crippen LogP contribution is -2.07. The molecule has 2 aromatic heterocycles. The topological polar surface area (TPSA) is 83.0 Å². The van der Waals surface area contributed by atoms with Crippen molar-refractivity contribution in [2.75, 3.05) is 27.4 Å². The molecular weight excluding hydrogens is 376 g/mol. The summed E-state index contributed by atoms with van der Waals surface area (Å²) < 4.78 is 0.854. The van der Waals surface area contributed by atoms with Gasteiger partial charge >= 0.3 is 0 Å². The standard InChI is InChI=1S/C17H17N3OS2.C2H6.CH5N/c1-11(10-20(2)3)15(21)16-14(12-6-5-7-19-9-12)13(8-18)17(22-4)23-16;2*1-2/h5-7,9-10H,1-4H3;1-2H3;2H2,1H3/b11-10+;;. The highest BCUT2D eigenvalue weighted by molar-refractivity contribution is 8.00. The highest BCUT2D eigenvalue weighted by Gasteiger charge is 2.24. The number of Topliss-reactive ketones (excluding diaryl/α,β-unsaturated/α-hetero) is 1. The summed E-state index contributed by atoms with van der Waals surface area (Å²) in [5.41, 5.74) is 7.17. The van der Waals surface area contributed by atoms with Gasteiger partial charge in [0.15, 0.2) is 0 Å². The van der Waals surface area contributed by atoms with E-state index in [1.165, 1.54) is 30.1 Å². The molecule has 27 heavy (non-hydrogen) atoms. The number of allylic oxidation sites excluding steroid dienone is 1. The molecule has 0 amide bonds. The number of hydrogen-bond donors (Lipinski definition) is 1. The molecule has 7 heteroatoms. The smallest absolute Gasteiger partial charge is 0.200 e. The van der Waals surface area contributed by atoms with E-state index in [2.05, 4.69) is 16.8 Å². The third-order valence-electron chi connectivity index (χ3n) is 3.14. The van der Waals surface area contributed by atoms with Gasteiger partial charge in [-0.2, -0.15) is 5.26 Å². The van der Waals surface area contributed by atoms with Crippen molar-refractivity contribution in [3.05, 3.63) is 46.7 Å². The number of rotatable bonds is 5. The number of nitriles is 1. The monoisotopic (exact) mass is 404 g/mol. The number of thioether (sulfide) groups is 1. The molecule has 0 aliphatic heterocycles. The van der Waals surface area contributed by atoms with Gasteiger partial charge in [0.2, 0.25) is 5.78 Å². The third-order valence-corrected chi connectivity index (χ3v) is 5.45. The number of carbonyl (C=O) groups is 1. The Morgan fingerprint density at radius 2 is 2.00 bits per heavy atom. The number of thiophene rings is 1. The SMILES string of the molecule is CC.CN.CSc1sc(C(=O)/C(C)=C/N(C)C)c(-c2cccnc2)c1C#N. The Hall–Kier alpha value is -2.14. The number of carbonyl (C=O) groups excluding carboxylic acids is 1. The van der Waals surface area contributed by atoms with E-state index in [1.54, 1.807) is 25.5 Å². The van der Waals surface area contributed by atoms with Crippen LogP contribution in [0.4, 0.5) is 0 Å². The van der Waals surface area contributed by atoms with Crippen LogP contribution in [0.25, 0.3) is 11.1 Å². The van der Waals surface area contributed by atoms with Crippen molar-refractivity contribution in [1.29, 1.82) is 5.26 Å². The summed E-state index contributed by atoms with van der Waals surface area (Å²) in [5, 5.41) is 9.56. The van der Waals surface area contributed by atoms with Crippen LogP contribution in [0.2, 0.25) is 0 Å². The second kappa shape index (κ2) is 13.1. The molecule has 0 saturated heterocycles. The van der Waals surface area contributed by atoms with E-state index >= 15 is 0 Å². The summed E-state index contributed by atoms with van der Waals surface area (Å²) >= 11 is 2.86. The second-order valence-corrected chi connectivity index (χ2v) is 7.23. The molecular formula is C20H28N4OS2. The average Bonchev–Trinajstić information content (AvgIpc) is 3.09. The highest BCUT2D eigenvalue weighted by Crippen LogP contribution is 2.41. The lowest BCUT2D eigenvalue weighted by atomic mass is 10.0. The maximum atomic E-state index is 12.8. The van der Waals surface area contributed by atoms with Gasteiger partial charge in [0.25, 0.3) is 0 Å². The summed E-state index contributed by atoms with van der Waals surface area (Å²) in [5.74, 6) is -0.0562. The Morgan fingerprint density at radius 1 is 1.37 bits per heavy atom. The number of nitrogens with two attached hydrogens (primary N) is 1. The zero-order valence-corrected chi connectivity index (χ0v) is 18.7. The Balaban J connectivity index is 0.00000158. The maximum Gasteiger partial charge on any atom is 0.200 e. The molecule has 2 rings (SSSR count). The molecule has 2 N–H and O–H groups in total. The molecule has 0 saturated carbocycles. The zero-order chi connectivity index (χ0) is 21.0. The van der Waals surface area contributed by atoms with Gasteiger partial charge in [-0.3, -0.25) is 9.78 Å². The fourth-order valence-corrected chi connectivity index (χ4v) is 4.17. The van der Waals surface area contributed by atoms with Gasteiger partial charge in [-0.1, -0.05) is 19.9 Å². The fourth-order valence-electron chi connectivity index (χ4n) is 2.23. The normalized spacial score (nSPS) is 9.96. The Kier molecular flexibility index (Phi) is 12.1.